The van der Waals surface area contributed by atoms with Crippen molar-refractivity contribution in [2.45, 2.75) is 26.4 Å². The van der Waals surface area contributed by atoms with Crippen molar-refractivity contribution >= 4 is 18.4 Å². The van der Waals surface area contributed by atoms with Gasteiger partial charge in [-0.3, -0.25) is 14.9 Å². The van der Waals surface area contributed by atoms with Gasteiger partial charge in [0.15, 0.2) is 5.82 Å². The van der Waals surface area contributed by atoms with E-state index in [1.807, 2.05) is 0 Å². The number of esters is 1. The van der Waals surface area contributed by atoms with E-state index in [2.05, 4.69) is 15.1 Å². The molecule has 3 heterocycles. The first-order valence-electron chi connectivity index (χ1n) is 7.76. The molecule has 3 rings (SSSR count). The number of aromatic nitrogens is 4. The zero-order valence-electron chi connectivity index (χ0n) is 14.6. The van der Waals surface area contributed by atoms with E-state index in [1.54, 1.807) is 63.6 Å². The molecule has 0 unspecified atom stereocenters. The lowest BCUT2D eigenvalue weighted by Crippen LogP contribution is -2.24. The van der Waals surface area contributed by atoms with Crippen LogP contribution in [0, 0.1) is 0 Å². The minimum absolute atomic E-state index is 0. The molecule has 8 heteroatoms. The fourth-order valence-electron chi connectivity index (χ4n) is 2.25. The van der Waals surface area contributed by atoms with Gasteiger partial charge in [0.2, 0.25) is 0 Å². The molecule has 0 aromatic carbocycles. The second-order valence-corrected chi connectivity index (χ2v) is 6.48. The molecule has 0 fully saturated rings. The van der Waals surface area contributed by atoms with E-state index in [4.69, 9.17) is 4.74 Å². The molecule has 0 saturated heterocycles. The van der Waals surface area contributed by atoms with Gasteiger partial charge < -0.3 is 4.74 Å². The molecular formula is C18H19ClN4O3. The molecule has 0 spiro atoms. The van der Waals surface area contributed by atoms with E-state index in [0.29, 0.717) is 22.5 Å². The van der Waals surface area contributed by atoms with Gasteiger partial charge in [-0.05, 0) is 39.0 Å². The Balaban J connectivity index is 0.00000243. The molecule has 7 nitrogen and oxygen atoms in total. The van der Waals surface area contributed by atoms with Crippen molar-refractivity contribution in [2.75, 3.05) is 0 Å². The molecule has 0 bridgehead atoms. The van der Waals surface area contributed by atoms with Crippen LogP contribution >= 0.6 is 12.4 Å². The van der Waals surface area contributed by atoms with Crippen LogP contribution < -0.4 is 5.56 Å². The quantitative estimate of drug-likeness (QED) is 0.712. The zero-order chi connectivity index (χ0) is 18.0. The number of hydrogen-bond acceptors (Lipinski definition) is 5. The van der Waals surface area contributed by atoms with Crippen LogP contribution in [0.1, 0.15) is 31.1 Å². The van der Waals surface area contributed by atoms with Crippen LogP contribution in [-0.2, 0) is 4.74 Å². The summed E-state index contributed by atoms with van der Waals surface area (Å²) in [5.74, 6) is -0.0751. The van der Waals surface area contributed by atoms with Gasteiger partial charge in [-0.25, -0.2) is 14.5 Å². The Morgan fingerprint density at radius 3 is 2.54 bits per heavy atom. The summed E-state index contributed by atoms with van der Waals surface area (Å²) in [5, 5.41) is 2.87. The molecule has 0 aliphatic carbocycles. The molecule has 0 atom stereocenters. The van der Waals surface area contributed by atoms with Gasteiger partial charge in [-0.1, -0.05) is 6.07 Å². The first-order valence-corrected chi connectivity index (χ1v) is 7.76. The van der Waals surface area contributed by atoms with E-state index in [0.717, 1.165) is 0 Å². The van der Waals surface area contributed by atoms with Gasteiger partial charge >= 0.3 is 5.97 Å². The van der Waals surface area contributed by atoms with Crippen molar-refractivity contribution in [2.24, 2.45) is 0 Å². The topological polar surface area (TPSA) is 89.9 Å². The van der Waals surface area contributed by atoms with Gasteiger partial charge in [0.25, 0.3) is 5.56 Å². The summed E-state index contributed by atoms with van der Waals surface area (Å²) in [5.41, 5.74) is 0.709. The summed E-state index contributed by atoms with van der Waals surface area (Å²) in [6, 6.07) is 6.73. The third-order valence-electron chi connectivity index (χ3n) is 3.36. The number of nitrogens with zero attached hydrogens (tertiary/aromatic N) is 3. The minimum Gasteiger partial charge on any atom is -0.456 e. The average Bonchev–Trinajstić information content (AvgIpc) is 2.96. The number of nitrogens with one attached hydrogen (secondary N) is 1. The second-order valence-electron chi connectivity index (χ2n) is 6.48. The fourth-order valence-corrected chi connectivity index (χ4v) is 2.25. The van der Waals surface area contributed by atoms with Gasteiger partial charge in [0.1, 0.15) is 5.60 Å². The highest BCUT2D eigenvalue weighted by Gasteiger charge is 2.18. The predicted octanol–water partition coefficient (Wildman–Crippen LogP) is 3.00. The Morgan fingerprint density at radius 1 is 1.19 bits per heavy atom. The monoisotopic (exact) mass is 374 g/mol. The summed E-state index contributed by atoms with van der Waals surface area (Å²) in [6.45, 7) is 5.39. The molecule has 3 aromatic rings. The number of rotatable bonds is 3. The van der Waals surface area contributed by atoms with E-state index in [-0.39, 0.29) is 18.0 Å². The number of hydrogen-bond donors (Lipinski definition) is 1. The van der Waals surface area contributed by atoms with Crippen molar-refractivity contribution < 1.29 is 9.53 Å². The minimum atomic E-state index is -0.579. The lowest BCUT2D eigenvalue weighted by molar-refractivity contribution is 0.00691. The number of ether oxygens (including phenoxy) is 1. The smallest absolute Gasteiger partial charge is 0.340 e. The largest absolute Gasteiger partial charge is 0.456 e. The predicted molar refractivity (Wildman–Crippen MR) is 99.8 cm³/mol. The van der Waals surface area contributed by atoms with Gasteiger partial charge in [-0.2, -0.15) is 0 Å². The first kappa shape index (κ1) is 19.4. The first-order chi connectivity index (χ1) is 11.8. The number of pyridine rings is 2. The number of aromatic amines is 1. The molecule has 0 amide bonds. The molecule has 0 aliphatic heterocycles. The molecule has 26 heavy (non-hydrogen) atoms. The summed E-state index contributed by atoms with van der Waals surface area (Å²) in [4.78, 5) is 32.8. The second kappa shape index (κ2) is 7.53. The normalized spacial score (nSPS) is 10.9. The molecule has 136 valence electrons. The molecule has 0 radical (unpaired) electrons. The Bertz CT molecular complexity index is 941. The van der Waals surface area contributed by atoms with E-state index in [9.17, 15) is 9.59 Å². The maximum atomic E-state index is 12.5. The van der Waals surface area contributed by atoms with E-state index < -0.39 is 11.6 Å². The van der Waals surface area contributed by atoms with Gasteiger partial charge in [0.05, 0.1) is 11.1 Å². The lowest BCUT2D eigenvalue weighted by atomic mass is 10.2. The maximum Gasteiger partial charge on any atom is 0.340 e. The summed E-state index contributed by atoms with van der Waals surface area (Å²) in [6.07, 6.45) is 6.25. The van der Waals surface area contributed by atoms with Crippen LogP contribution in [-0.4, -0.2) is 31.3 Å². The highest BCUT2D eigenvalue weighted by molar-refractivity contribution is 5.89. The van der Waals surface area contributed by atoms with Crippen LogP contribution in [0.3, 0.4) is 0 Å². The third-order valence-corrected chi connectivity index (χ3v) is 3.36. The lowest BCUT2D eigenvalue weighted by Gasteiger charge is -2.19. The fraction of sp³-hybridized carbons (Fsp3) is 0.222. The van der Waals surface area contributed by atoms with Crippen molar-refractivity contribution in [1.29, 1.82) is 0 Å². The molecule has 3 aromatic heterocycles. The maximum absolute atomic E-state index is 12.5. The summed E-state index contributed by atoms with van der Waals surface area (Å²) >= 11 is 0. The SMILES string of the molecule is CC(C)(C)OC(=O)c1ccc(-n2[nH]cc(-c3cccnc3)c2=O)nc1.Cl. The van der Waals surface area contributed by atoms with Crippen molar-refractivity contribution in [1.82, 2.24) is 19.7 Å². The molecule has 0 saturated carbocycles. The zero-order valence-corrected chi connectivity index (χ0v) is 15.4. The van der Waals surface area contributed by atoms with Gasteiger partial charge in [-0.15, -0.1) is 12.4 Å². The van der Waals surface area contributed by atoms with Crippen molar-refractivity contribution in [3.05, 3.63) is 65.0 Å². The van der Waals surface area contributed by atoms with Crippen LogP contribution in [0.5, 0.6) is 0 Å². The third kappa shape index (κ3) is 4.18. The number of carbonyl (C=O) groups is 1. The highest BCUT2D eigenvalue weighted by atomic mass is 35.5. The number of H-pyrrole nitrogens is 1. The molecular weight excluding hydrogens is 356 g/mol. The Labute approximate surface area is 156 Å². The standard InChI is InChI=1S/C18H18N4O3.ClH/c1-18(2,3)25-17(24)13-6-7-15(20-10-13)22-16(23)14(11-21-22)12-5-4-8-19-9-12;/h4-11,21H,1-3H3;1H. The van der Waals surface area contributed by atoms with Crippen molar-refractivity contribution in [3.63, 3.8) is 0 Å². The number of carbonyl (C=O) groups excluding carboxylic acids is 1. The summed E-state index contributed by atoms with van der Waals surface area (Å²) < 4.78 is 6.60. The van der Waals surface area contributed by atoms with Crippen molar-refractivity contribution in [3.8, 4) is 16.9 Å². The van der Waals surface area contributed by atoms with Crippen LogP contribution in [0.2, 0.25) is 0 Å². The van der Waals surface area contributed by atoms with E-state index >= 15 is 0 Å². The Kier molecular flexibility index (Phi) is 5.62. The Morgan fingerprint density at radius 2 is 1.96 bits per heavy atom. The average molecular weight is 375 g/mol. The molecule has 1 N–H and O–H groups in total. The summed E-state index contributed by atoms with van der Waals surface area (Å²) in [7, 11) is 0. The van der Waals surface area contributed by atoms with Crippen LogP contribution in [0.4, 0.5) is 0 Å². The van der Waals surface area contributed by atoms with Gasteiger partial charge in [0, 0.05) is 30.4 Å². The van der Waals surface area contributed by atoms with E-state index in [1.165, 1.54) is 10.9 Å². The van der Waals surface area contributed by atoms with Crippen LogP contribution in [0.15, 0.2) is 53.8 Å². The highest BCUT2D eigenvalue weighted by Crippen LogP contribution is 2.15. The number of halogens is 1. The molecule has 0 aliphatic rings. The van der Waals surface area contributed by atoms with Crippen LogP contribution in [0.25, 0.3) is 16.9 Å². The Hall–Kier alpha value is -2.93.